The smallest absolute Gasteiger partial charge is 0.258 e. The molecule has 3 aliphatic rings. The molecule has 0 radical (unpaired) electrons. The lowest BCUT2D eigenvalue weighted by Crippen LogP contribution is -2.53. The summed E-state index contributed by atoms with van der Waals surface area (Å²) in [7, 11) is 0. The van der Waals surface area contributed by atoms with Crippen LogP contribution in [0.25, 0.3) is 0 Å². The zero-order valence-corrected chi connectivity index (χ0v) is 13.4. The summed E-state index contributed by atoms with van der Waals surface area (Å²) in [6.07, 6.45) is 3.86. The van der Waals surface area contributed by atoms with Crippen LogP contribution in [0.1, 0.15) is 71.5 Å². The van der Waals surface area contributed by atoms with E-state index in [4.69, 9.17) is 0 Å². The van der Waals surface area contributed by atoms with E-state index < -0.39 is 18.2 Å². The van der Waals surface area contributed by atoms with E-state index in [-0.39, 0.29) is 24.7 Å². The number of piperidine rings is 1. The number of nitrogens with zero attached hydrogens (tertiary/aromatic N) is 1. The molecule has 0 aromatic carbocycles. The van der Waals surface area contributed by atoms with Gasteiger partial charge in [0.15, 0.2) is 6.23 Å². The van der Waals surface area contributed by atoms with E-state index in [0.29, 0.717) is 16.4 Å². The predicted molar refractivity (Wildman–Crippen MR) is 82.8 cm³/mol. The highest BCUT2D eigenvalue weighted by Crippen LogP contribution is 2.46. The first-order valence-corrected chi connectivity index (χ1v) is 8.91. The lowest BCUT2D eigenvalue weighted by molar-refractivity contribution is -0.139. The minimum absolute atomic E-state index is 0.191. The molecule has 2 unspecified atom stereocenters. The Morgan fingerprint density at radius 1 is 1.17 bits per heavy atom. The Morgan fingerprint density at radius 2 is 1.91 bits per heavy atom. The van der Waals surface area contributed by atoms with Crippen LogP contribution in [0.15, 0.2) is 5.38 Å². The molecular weight excluding hydrogens is 316 g/mol. The number of imide groups is 1. The highest BCUT2D eigenvalue weighted by Gasteiger charge is 2.47. The van der Waals surface area contributed by atoms with Gasteiger partial charge in [-0.25, -0.2) is 0 Å². The van der Waals surface area contributed by atoms with E-state index in [1.54, 1.807) is 0 Å². The van der Waals surface area contributed by atoms with Gasteiger partial charge in [-0.15, -0.1) is 11.3 Å². The Balaban J connectivity index is 1.66. The van der Waals surface area contributed by atoms with Crippen LogP contribution in [-0.4, -0.2) is 33.8 Å². The third-order valence-electron chi connectivity index (χ3n) is 5.14. The quantitative estimate of drug-likeness (QED) is 0.805. The van der Waals surface area contributed by atoms with Crippen LogP contribution in [0.5, 0.6) is 0 Å². The summed E-state index contributed by atoms with van der Waals surface area (Å²) >= 11 is 1.40. The maximum atomic E-state index is 12.9. The SMILES string of the molecule is O=C1CCC(N2C(=O)c3c(C4CCCC4)csc3C2O)C(=O)N1. The van der Waals surface area contributed by atoms with Crippen molar-refractivity contribution in [2.24, 2.45) is 0 Å². The maximum Gasteiger partial charge on any atom is 0.258 e. The summed E-state index contributed by atoms with van der Waals surface area (Å²) in [5, 5.41) is 14.8. The number of rotatable bonds is 2. The van der Waals surface area contributed by atoms with E-state index in [2.05, 4.69) is 5.32 Å². The maximum absolute atomic E-state index is 12.9. The Hall–Kier alpha value is -1.73. The number of aliphatic hydroxyl groups excluding tert-OH is 1. The first-order chi connectivity index (χ1) is 11.1. The Bertz CT molecular complexity index is 692. The van der Waals surface area contributed by atoms with Crippen molar-refractivity contribution >= 4 is 29.1 Å². The van der Waals surface area contributed by atoms with Crippen LogP contribution in [0, 0.1) is 0 Å². The third kappa shape index (κ3) is 2.21. The molecule has 1 aromatic heterocycles. The lowest BCUT2D eigenvalue weighted by atomic mass is 9.96. The van der Waals surface area contributed by atoms with Crippen LogP contribution in [0.4, 0.5) is 0 Å². The van der Waals surface area contributed by atoms with Crippen molar-refractivity contribution in [3.05, 3.63) is 21.4 Å². The monoisotopic (exact) mass is 334 g/mol. The predicted octanol–water partition coefficient (Wildman–Crippen LogP) is 1.66. The number of nitrogens with one attached hydrogen (secondary N) is 1. The highest BCUT2D eigenvalue weighted by atomic mass is 32.1. The molecule has 2 N–H and O–H groups in total. The van der Waals surface area contributed by atoms with E-state index in [1.807, 2.05) is 5.38 Å². The Morgan fingerprint density at radius 3 is 2.61 bits per heavy atom. The van der Waals surface area contributed by atoms with Gasteiger partial charge in [-0.2, -0.15) is 0 Å². The molecule has 2 aliphatic heterocycles. The van der Waals surface area contributed by atoms with Crippen molar-refractivity contribution in [2.45, 2.75) is 56.7 Å². The Kier molecular flexibility index (Phi) is 3.50. The summed E-state index contributed by atoms with van der Waals surface area (Å²) < 4.78 is 0. The van der Waals surface area contributed by atoms with Crippen molar-refractivity contribution in [1.82, 2.24) is 10.2 Å². The van der Waals surface area contributed by atoms with Gasteiger partial charge in [0.2, 0.25) is 11.8 Å². The molecule has 23 heavy (non-hydrogen) atoms. The summed E-state index contributed by atoms with van der Waals surface area (Å²) in [5.74, 6) is -0.710. The summed E-state index contributed by atoms with van der Waals surface area (Å²) in [6, 6.07) is -0.772. The average molecular weight is 334 g/mol. The molecule has 122 valence electrons. The van der Waals surface area contributed by atoms with Gasteiger partial charge in [-0.05, 0) is 36.1 Å². The minimum Gasteiger partial charge on any atom is -0.368 e. The molecule has 2 atom stereocenters. The van der Waals surface area contributed by atoms with Crippen LogP contribution < -0.4 is 5.32 Å². The third-order valence-corrected chi connectivity index (χ3v) is 6.18. The molecule has 1 aliphatic carbocycles. The lowest BCUT2D eigenvalue weighted by Gasteiger charge is -2.32. The largest absolute Gasteiger partial charge is 0.368 e. The molecule has 2 fully saturated rings. The molecule has 4 rings (SSSR count). The summed E-state index contributed by atoms with van der Waals surface area (Å²) in [4.78, 5) is 38.1. The zero-order valence-electron chi connectivity index (χ0n) is 12.6. The van der Waals surface area contributed by atoms with Crippen molar-refractivity contribution in [3.63, 3.8) is 0 Å². The number of hydrogen-bond acceptors (Lipinski definition) is 5. The Labute approximate surface area is 137 Å². The first-order valence-electron chi connectivity index (χ1n) is 8.03. The van der Waals surface area contributed by atoms with Crippen molar-refractivity contribution < 1.29 is 19.5 Å². The molecule has 1 aromatic rings. The molecule has 3 heterocycles. The van der Waals surface area contributed by atoms with Crippen LogP contribution in [-0.2, 0) is 9.59 Å². The molecule has 3 amide bonds. The van der Waals surface area contributed by atoms with E-state index in [1.165, 1.54) is 29.1 Å². The van der Waals surface area contributed by atoms with Crippen molar-refractivity contribution in [1.29, 1.82) is 0 Å². The molecule has 7 heteroatoms. The minimum atomic E-state index is -1.08. The number of fused-ring (bicyclic) bond motifs is 1. The van der Waals surface area contributed by atoms with E-state index in [0.717, 1.165) is 18.4 Å². The topological polar surface area (TPSA) is 86.7 Å². The molecule has 1 saturated heterocycles. The highest BCUT2D eigenvalue weighted by molar-refractivity contribution is 7.10. The van der Waals surface area contributed by atoms with Crippen LogP contribution in [0.2, 0.25) is 0 Å². The van der Waals surface area contributed by atoms with Crippen molar-refractivity contribution in [2.75, 3.05) is 0 Å². The molecular formula is C16H18N2O4S. The van der Waals surface area contributed by atoms with E-state index >= 15 is 0 Å². The second kappa shape index (κ2) is 5.42. The number of amides is 3. The summed E-state index contributed by atoms with van der Waals surface area (Å²) in [5.41, 5.74) is 1.63. The fraction of sp³-hybridized carbons (Fsp3) is 0.562. The van der Waals surface area contributed by atoms with Gasteiger partial charge >= 0.3 is 0 Å². The number of hydrogen-bond donors (Lipinski definition) is 2. The first kappa shape index (κ1) is 14.8. The molecule has 1 saturated carbocycles. The zero-order chi connectivity index (χ0) is 16.1. The number of carbonyl (C=O) groups excluding carboxylic acids is 3. The van der Waals surface area contributed by atoms with Gasteiger partial charge in [0, 0.05) is 6.42 Å². The van der Waals surface area contributed by atoms with Crippen LogP contribution >= 0.6 is 11.3 Å². The summed E-state index contributed by atoms with van der Waals surface area (Å²) in [6.45, 7) is 0. The van der Waals surface area contributed by atoms with Gasteiger partial charge < -0.3 is 5.11 Å². The molecule has 0 bridgehead atoms. The fourth-order valence-electron chi connectivity index (χ4n) is 3.97. The van der Waals surface area contributed by atoms with E-state index in [9.17, 15) is 19.5 Å². The van der Waals surface area contributed by atoms with Gasteiger partial charge in [0.1, 0.15) is 6.04 Å². The van der Waals surface area contributed by atoms with Gasteiger partial charge in [0.05, 0.1) is 10.4 Å². The number of aliphatic hydroxyl groups is 1. The second-order valence-electron chi connectivity index (χ2n) is 6.46. The van der Waals surface area contributed by atoms with Crippen LogP contribution in [0.3, 0.4) is 0 Å². The second-order valence-corrected chi connectivity index (χ2v) is 7.38. The fourth-order valence-corrected chi connectivity index (χ4v) is 5.09. The number of carbonyl (C=O) groups is 3. The standard InChI is InChI=1S/C16H18N2O4S/c19-11-6-5-10(14(20)17-11)18-15(21)12-9(8-3-1-2-4-8)7-23-13(12)16(18)22/h7-8,10,16,22H,1-6H2,(H,17,19,20). The van der Waals surface area contributed by atoms with Crippen molar-refractivity contribution in [3.8, 4) is 0 Å². The van der Waals surface area contributed by atoms with Gasteiger partial charge in [-0.1, -0.05) is 12.8 Å². The normalized spacial score (nSPS) is 28.4. The molecule has 6 nitrogen and oxygen atoms in total. The number of thiophene rings is 1. The van der Waals surface area contributed by atoms with Gasteiger partial charge in [-0.3, -0.25) is 24.6 Å². The van der Waals surface area contributed by atoms with Gasteiger partial charge in [0.25, 0.3) is 5.91 Å². The average Bonchev–Trinajstić information content (AvgIpc) is 3.20. The molecule has 0 spiro atoms.